The average molecular weight is 142 g/mol. The monoisotopic (exact) mass is 142 g/mol. The van der Waals surface area contributed by atoms with Crippen LogP contribution in [0, 0.1) is 0 Å². The molecule has 0 spiro atoms. The van der Waals surface area contributed by atoms with Crippen LogP contribution in [0.1, 0.15) is 0 Å². The molecule has 0 saturated carbocycles. The lowest BCUT2D eigenvalue weighted by Crippen LogP contribution is -1.84. The summed E-state index contributed by atoms with van der Waals surface area (Å²) in [5.74, 6) is -0.943. The van der Waals surface area contributed by atoms with Gasteiger partial charge in [-0.25, -0.2) is 4.79 Å². The van der Waals surface area contributed by atoms with Crippen LogP contribution < -0.4 is 0 Å². The molecule has 0 amide bonds. The fraction of sp³-hybridized carbons (Fsp3) is 0.286. The number of carbonyl (C=O) groups is 1. The van der Waals surface area contributed by atoms with Crippen LogP contribution in [-0.4, -0.2) is 24.8 Å². The number of rotatable bonds is 4. The molecule has 10 heavy (non-hydrogen) atoms. The predicted octanol–water partition coefficient (Wildman–Crippen LogP) is 0.830. The van der Waals surface area contributed by atoms with Crippen LogP contribution in [0.3, 0.4) is 0 Å². The molecule has 0 aromatic carbocycles. The van der Waals surface area contributed by atoms with Crippen molar-refractivity contribution in [2.45, 2.75) is 0 Å². The topological polar surface area (TPSA) is 46.5 Å². The summed E-state index contributed by atoms with van der Waals surface area (Å²) in [4.78, 5) is 9.88. The van der Waals surface area contributed by atoms with Gasteiger partial charge in [-0.3, -0.25) is 0 Å². The van der Waals surface area contributed by atoms with Gasteiger partial charge in [0.25, 0.3) is 0 Å². The first-order chi connectivity index (χ1) is 4.77. The fourth-order valence-corrected chi connectivity index (χ4v) is 0.368. The van der Waals surface area contributed by atoms with Crippen molar-refractivity contribution in [3.8, 4) is 0 Å². The zero-order chi connectivity index (χ0) is 7.82. The minimum absolute atomic E-state index is 0.504. The number of aliphatic carboxylic acids is 1. The van der Waals surface area contributed by atoms with Crippen molar-refractivity contribution in [3.63, 3.8) is 0 Å². The molecule has 0 rings (SSSR count). The highest BCUT2D eigenvalue weighted by Crippen LogP contribution is 1.77. The molecule has 0 heterocycles. The molecule has 0 unspecified atom stereocenters. The Morgan fingerprint density at radius 3 is 2.80 bits per heavy atom. The molecule has 0 aliphatic heterocycles. The summed E-state index contributed by atoms with van der Waals surface area (Å²) < 4.78 is 4.68. The molecule has 3 nitrogen and oxygen atoms in total. The molecule has 0 bridgehead atoms. The van der Waals surface area contributed by atoms with Gasteiger partial charge in [0.15, 0.2) is 0 Å². The number of allylic oxidation sites excluding steroid dienone is 2. The normalized spacial score (nSPS) is 11.3. The van der Waals surface area contributed by atoms with Gasteiger partial charge >= 0.3 is 5.97 Å². The molecule has 0 aliphatic carbocycles. The van der Waals surface area contributed by atoms with Gasteiger partial charge in [-0.05, 0) is 0 Å². The van der Waals surface area contributed by atoms with E-state index in [1.54, 1.807) is 19.3 Å². The Labute approximate surface area is 59.6 Å². The SMILES string of the molecule is COCC=CC=CC(=O)O. The molecule has 3 heteroatoms. The Hall–Kier alpha value is -1.09. The number of hydrogen-bond donors (Lipinski definition) is 1. The quantitative estimate of drug-likeness (QED) is 0.467. The van der Waals surface area contributed by atoms with E-state index >= 15 is 0 Å². The Balaban J connectivity index is 3.42. The number of carboxylic acids is 1. The second kappa shape index (κ2) is 6.04. The van der Waals surface area contributed by atoms with Crippen LogP contribution in [-0.2, 0) is 9.53 Å². The van der Waals surface area contributed by atoms with Gasteiger partial charge in [-0.15, -0.1) is 0 Å². The van der Waals surface area contributed by atoms with E-state index in [-0.39, 0.29) is 0 Å². The first-order valence-electron chi connectivity index (χ1n) is 2.82. The van der Waals surface area contributed by atoms with E-state index in [1.165, 1.54) is 6.08 Å². The summed E-state index contributed by atoms with van der Waals surface area (Å²) in [5, 5.41) is 8.12. The standard InChI is InChI=1S/C7H10O3/c1-10-6-4-2-3-5-7(8)9/h2-5H,6H2,1H3,(H,8,9). The number of carboxylic acid groups (broad SMARTS) is 1. The van der Waals surface area contributed by atoms with E-state index in [2.05, 4.69) is 4.74 Å². The highest BCUT2D eigenvalue weighted by Gasteiger charge is 1.79. The molecular formula is C7H10O3. The highest BCUT2D eigenvalue weighted by molar-refractivity contribution is 5.80. The van der Waals surface area contributed by atoms with Crippen molar-refractivity contribution >= 4 is 5.97 Å². The van der Waals surface area contributed by atoms with Crippen LogP contribution in [0.2, 0.25) is 0 Å². The lowest BCUT2D eigenvalue weighted by atomic mass is 10.4. The van der Waals surface area contributed by atoms with E-state index in [0.717, 1.165) is 6.08 Å². The van der Waals surface area contributed by atoms with E-state index in [4.69, 9.17) is 5.11 Å². The van der Waals surface area contributed by atoms with Crippen molar-refractivity contribution in [3.05, 3.63) is 24.3 Å². The molecule has 0 aromatic heterocycles. The molecular weight excluding hydrogens is 132 g/mol. The van der Waals surface area contributed by atoms with Crippen LogP contribution in [0.5, 0.6) is 0 Å². The maximum Gasteiger partial charge on any atom is 0.328 e. The molecule has 56 valence electrons. The summed E-state index contributed by atoms with van der Waals surface area (Å²) in [5.41, 5.74) is 0. The van der Waals surface area contributed by atoms with Crippen molar-refractivity contribution in [2.75, 3.05) is 13.7 Å². The maximum atomic E-state index is 9.88. The van der Waals surface area contributed by atoms with Crippen molar-refractivity contribution in [1.29, 1.82) is 0 Å². The molecule has 0 saturated heterocycles. The Morgan fingerprint density at radius 2 is 2.30 bits per heavy atom. The summed E-state index contributed by atoms with van der Waals surface area (Å²) in [6.45, 7) is 0.504. The smallest absolute Gasteiger partial charge is 0.328 e. The zero-order valence-corrected chi connectivity index (χ0v) is 5.78. The van der Waals surface area contributed by atoms with Crippen LogP contribution in [0.25, 0.3) is 0 Å². The zero-order valence-electron chi connectivity index (χ0n) is 5.78. The minimum atomic E-state index is -0.943. The van der Waals surface area contributed by atoms with Crippen LogP contribution in [0.4, 0.5) is 0 Å². The van der Waals surface area contributed by atoms with Crippen LogP contribution >= 0.6 is 0 Å². The van der Waals surface area contributed by atoms with Gasteiger partial charge in [0.05, 0.1) is 6.61 Å². The summed E-state index contributed by atoms with van der Waals surface area (Å²) >= 11 is 0. The largest absolute Gasteiger partial charge is 0.478 e. The Bertz CT molecular complexity index is 147. The maximum absolute atomic E-state index is 9.88. The third-order valence-electron chi connectivity index (χ3n) is 0.749. The van der Waals surface area contributed by atoms with Gasteiger partial charge in [-0.2, -0.15) is 0 Å². The van der Waals surface area contributed by atoms with Gasteiger partial charge in [0.1, 0.15) is 0 Å². The van der Waals surface area contributed by atoms with Gasteiger partial charge in [-0.1, -0.05) is 18.2 Å². The van der Waals surface area contributed by atoms with Gasteiger partial charge < -0.3 is 9.84 Å². The molecule has 0 aromatic rings. The minimum Gasteiger partial charge on any atom is -0.478 e. The van der Waals surface area contributed by atoms with Gasteiger partial charge in [0, 0.05) is 13.2 Å². The Kier molecular flexibility index (Phi) is 5.38. The summed E-state index contributed by atoms with van der Waals surface area (Å²) in [6.07, 6.45) is 5.85. The predicted molar refractivity (Wildman–Crippen MR) is 37.8 cm³/mol. The van der Waals surface area contributed by atoms with E-state index in [0.29, 0.717) is 6.61 Å². The third-order valence-corrected chi connectivity index (χ3v) is 0.749. The lowest BCUT2D eigenvalue weighted by Gasteiger charge is -1.83. The van der Waals surface area contributed by atoms with Crippen LogP contribution in [0.15, 0.2) is 24.3 Å². The molecule has 1 N–H and O–H groups in total. The van der Waals surface area contributed by atoms with Crippen molar-refractivity contribution < 1.29 is 14.6 Å². The lowest BCUT2D eigenvalue weighted by molar-refractivity contribution is -0.131. The summed E-state index contributed by atoms with van der Waals surface area (Å²) in [7, 11) is 1.57. The first kappa shape index (κ1) is 8.91. The van der Waals surface area contributed by atoms with E-state index in [9.17, 15) is 4.79 Å². The molecule has 0 radical (unpaired) electrons. The molecule has 0 fully saturated rings. The van der Waals surface area contributed by atoms with E-state index < -0.39 is 5.97 Å². The van der Waals surface area contributed by atoms with Gasteiger partial charge in [0.2, 0.25) is 0 Å². The van der Waals surface area contributed by atoms with E-state index in [1.807, 2.05) is 0 Å². The number of methoxy groups -OCH3 is 1. The van der Waals surface area contributed by atoms with Crippen molar-refractivity contribution in [1.82, 2.24) is 0 Å². The highest BCUT2D eigenvalue weighted by atomic mass is 16.5. The number of ether oxygens (including phenoxy) is 1. The second-order valence-corrected chi connectivity index (χ2v) is 1.58. The van der Waals surface area contributed by atoms with Crippen molar-refractivity contribution in [2.24, 2.45) is 0 Å². The second-order valence-electron chi connectivity index (χ2n) is 1.58. The average Bonchev–Trinajstić information content (AvgIpc) is 1.87. The molecule has 0 aliphatic rings. The third kappa shape index (κ3) is 6.91. The molecule has 0 atom stereocenters. The number of hydrogen-bond acceptors (Lipinski definition) is 2. The first-order valence-corrected chi connectivity index (χ1v) is 2.82. The Morgan fingerprint density at radius 1 is 1.60 bits per heavy atom. The fourth-order valence-electron chi connectivity index (χ4n) is 0.368. The summed E-state index contributed by atoms with van der Waals surface area (Å²) in [6, 6.07) is 0.